The average molecular weight is 322 g/mol. The second kappa shape index (κ2) is 5.26. The third kappa shape index (κ3) is 3.35. The fourth-order valence-electron chi connectivity index (χ4n) is 1.31. The van der Waals surface area contributed by atoms with Crippen LogP contribution in [0.5, 0.6) is 0 Å². The Morgan fingerprint density at radius 3 is 2.43 bits per heavy atom. The molecule has 4 heteroatoms. The van der Waals surface area contributed by atoms with E-state index < -0.39 is 0 Å². The van der Waals surface area contributed by atoms with E-state index in [-0.39, 0.29) is 0 Å². The van der Waals surface area contributed by atoms with Crippen LogP contribution in [0.1, 0.15) is 18.5 Å². The van der Waals surface area contributed by atoms with E-state index in [1.807, 2.05) is 25.2 Å². The predicted octanol–water partition coefficient (Wildman–Crippen LogP) is 3.34. The van der Waals surface area contributed by atoms with Gasteiger partial charge in [0.15, 0.2) is 0 Å². The third-order valence-corrected chi connectivity index (χ3v) is 3.06. The van der Waals surface area contributed by atoms with Crippen molar-refractivity contribution in [3.63, 3.8) is 0 Å². The van der Waals surface area contributed by atoms with Crippen molar-refractivity contribution in [2.24, 2.45) is 0 Å². The van der Waals surface area contributed by atoms with E-state index in [9.17, 15) is 0 Å². The summed E-state index contributed by atoms with van der Waals surface area (Å²) in [4.78, 5) is 0. The maximum Gasteiger partial charge on any atom is 0.0447 e. The molecule has 0 saturated heterocycles. The molecule has 1 aromatic carbocycles. The highest BCUT2D eigenvalue weighted by atomic mass is 79.9. The van der Waals surface area contributed by atoms with Crippen molar-refractivity contribution in [3.05, 3.63) is 32.7 Å². The fraction of sp³-hybridized carbons (Fsp3) is 0.400. The Hall–Kier alpha value is 0.1000. The summed E-state index contributed by atoms with van der Waals surface area (Å²) in [6, 6.07) is 6.51. The van der Waals surface area contributed by atoms with Gasteiger partial charge in [0.1, 0.15) is 0 Å². The summed E-state index contributed by atoms with van der Waals surface area (Å²) in [5, 5.41) is 1.96. The molecule has 0 aliphatic heterocycles. The van der Waals surface area contributed by atoms with Gasteiger partial charge in [-0.3, -0.25) is 5.01 Å². The lowest BCUT2D eigenvalue weighted by atomic mass is 10.1. The largest absolute Gasteiger partial charge is 0.250 e. The number of hydrogen-bond acceptors (Lipinski definition) is 2. The maximum absolute atomic E-state index is 3.55. The molecule has 0 saturated carbocycles. The van der Waals surface area contributed by atoms with Gasteiger partial charge >= 0.3 is 0 Å². The van der Waals surface area contributed by atoms with Crippen LogP contribution < -0.4 is 5.43 Å². The van der Waals surface area contributed by atoms with Gasteiger partial charge in [-0.1, -0.05) is 37.9 Å². The molecule has 0 amide bonds. The van der Waals surface area contributed by atoms with Crippen LogP contribution in [-0.2, 0) is 0 Å². The smallest absolute Gasteiger partial charge is 0.0447 e. The number of halogens is 2. The highest BCUT2D eigenvalue weighted by Gasteiger charge is 2.09. The number of nitrogens with one attached hydrogen (secondary N) is 1. The first kappa shape index (κ1) is 12.2. The normalized spacial score (nSPS) is 13.3. The van der Waals surface area contributed by atoms with Gasteiger partial charge in [0.05, 0.1) is 0 Å². The molecule has 1 unspecified atom stereocenters. The average Bonchev–Trinajstić information content (AvgIpc) is 2.01. The minimum absolute atomic E-state index is 0.299. The van der Waals surface area contributed by atoms with Crippen LogP contribution in [0.4, 0.5) is 0 Å². The van der Waals surface area contributed by atoms with Crippen molar-refractivity contribution >= 4 is 31.9 Å². The molecule has 1 aromatic rings. The van der Waals surface area contributed by atoms with Gasteiger partial charge in [-0.25, -0.2) is 5.43 Å². The van der Waals surface area contributed by atoms with Crippen LogP contribution in [0.15, 0.2) is 27.1 Å². The molecular weight excluding hydrogens is 308 g/mol. The molecule has 0 spiro atoms. The van der Waals surface area contributed by atoms with Gasteiger partial charge in [-0.2, -0.15) is 0 Å². The lowest BCUT2D eigenvalue weighted by Crippen LogP contribution is -2.32. The first-order valence-electron chi connectivity index (χ1n) is 4.39. The van der Waals surface area contributed by atoms with Gasteiger partial charge in [0, 0.05) is 29.1 Å². The molecule has 14 heavy (non-hydrogen) atoms. The Balaban J connectivity index is 2.84. The highest BCUT2D eigenvalue weighted by molar-refractivity contribution is 9.11. The molecule has 78 valence electrons. The number of hydrogen-bond donors (Lipinski definition) is 1. The predicted molar refractivity (Wildman–Crippen MR) is 67.1 cm³/mol. The van der Waals surface area contributed by atoms with E-state index >= 15 is 0 Å². The number of nitrogens with zero attached hydrogens (tertiary/aromatic N) is 1. The minimum Gasteiger partial charge on any atom is -0.250 e. The van der Waals surface area contributed by atoms with Crippen LogP contribution in [0.3, 0.4) is 0 Å². The van der Waals surface area contributed by atoms with Crippen molar-refractivity contribution < 1.29 is 0 Å². The molecule has 0 radical (unpaired) electrons. The monoisotopic (exact) mass is 320 g/mol. The summed E-state index contributed by atoms with van der Waals surface area (Å²) in [6.07, 6.45) is 0. The second-order valence-corrected chi connectivity index (χ2v) is 5.18. The summed E-state index contributed by atoms with van der Waals surface area (Å²) in [6.45, 7) is 2.13. The summed E-state index contributed by atoms with van der Waals surface area (Å²) < 4.78 is 2.21. The summed E-state index contributed by atoms with van der Waals surface area (Å²) >= 11 is 6.98. The van der Waals surface area contributed by atoms with Crippen LogP contribution in [0.25, 0.3) is 0 Å². The zero-order chi connectivity index (χ0) is 10.7. The molecule has 0 fully saturated rings. The molecule has 0 aromatic heterocycles. The molecule has 1 rings (SSSR count). The van der Waals surface area contributed by atoms with Crippen LogP contribution in [-0.4, -0.2) is 19.1 Å². The highest BCUT2D eigenvalue weighted by Crippen LogP contribution is 2.26. The van der Waals surface area contributed by atoms with Gasteiger partial charge in [0.2, 0.25) is 0 Å². The molecule has 1 N–H and O–H groups in total. The van der Waals surface area contributed by atoms with Gasteiger partial charge in [0.25, 0.3) is 0 Å². The van der Waals surface area contributed by atoms with E-state index in [2.05, 4.69) is 56.3 Å². The Labute approximate surface area is 102 Å². The zero-order valence-electron chi connectivity index (χ0n) is 8.51. The zero-order valence-corrected chi connectivity index (χ0v) is 11.7. The van der Waals surface area contributed by atoms with Crippen molar-refractivity contribution in [1.29, 1.82) is 0 Å². The second-order valence-electron chi connectivity index (χ2n) is 3.41. The van der Waals surface area contributed by atoms with Crippen LogP contribution in [0, 0.1) is 0 Å². The van der Waals surface area contributed by atoms with Gasteiger partial charge in [-0.15, -0.1) is 0 Å². The minimum atomic E-state index is 0.299. The quantitative estimate of drug-likeness (QED) is 0.859. The summed E-state index contributed by atoms with van der Waals surface area (Å²) in [5.41, 5.74) is 4.56. The van der Waals surface area contributed by atoms with E-state index in [1.54, 1.807) is 0 Å². The maximum atomic E-state index is 3.55. The Bertz CT molecular complexity index is 313. The number of rotatable bonds is 3. The van der Waals surface area contributed by atoms with E-state index in [0.717, 1.165) is 8.95 Å². The summed E-state index contributed by atoms with van der Waals surface area (Å²) in [5.74, 6) is 0. The van der Waals surface area contributed by atoms with Gasteiger partial charge in [-0.05, 0) is 24.6 Å². The van der Waals surface area contributed by atoms with Crippen molar-refractivity contribution in [2.75, 3.05) is 14.1 Å². The molecule has 0 bridgehead atoms. The van der Waals surface area contributed by atoms with Gasteiger partial charge < -0.3 is 0 Å². The Kier molecular flexibility index (Phi) is 4.57. The number of hydrazine groups is 1. The lowest BCUT2D eigenvalue weighted by Gasteiger charge is -2.20. The standard InChI is InChI=1S/C10H14Br2N2/c1-7(13-14(2)3)9-5-4-8(11)6-10(9)12/h4-7,13H,1-3H3. The molecule has 0 aliphatic carbocycles. The molecule has 0 heterocycles. The van der Waals surface area contributed by atoms with Crippen molar-refractivity contribution in [2.45, 2.75) is 13.0 Å². The topological polar surface area (TPSA) is 15.3 Å². The fourth-order valence-corrected chi connectivity index (χ4v) is 2.70. The molecule has 1 atom stereocenters. The first-order chi connectivity index (χ1) is 6.50. The molecular formula is C10H14Br2N2. The molecule has 2 nitrogen and oxygen atoms in total. The van der Waals surface area contributed by atoms with E-state index in [0.29, 0.717) is 6.04 Å². The Morgan fingerprint density at radius 1 is 1.29 bits per heavy atom. The van der Waals surface area contributed by atoms with Crippen molar-refractivity contribution in [3.8, 4) is 0 Å². The van der Waals surface area contributed by atoms with Crippen molar-refractivity contribution in [1.82, 2.24) is 10.4 Å². The molecule has 0 aliphatic rings. The number of benzene rings is 1. The van der Waals surface area contributed by atoms with E-state index in [4.69, 9.17) is 0 Å². The van der Waals surface area contributed by atoms with Crippen LogP contribution in [0.2, 0.25) is 0 Å². The SMILES string of the molecule is CC(NN(C)C)c1ccc(Br)cc1Br. The van der Waals surface area contributed by atoms with E-state index in [1.165, 1.54) is 5.56 Å². The lowest BCUT2D eigenvalue weighted by molar-refractivity contribution is 0.252. The first-order valence-corrected chi connectivity index (χ1v) is 5.97. The Morgan fingerprint density at radius 2 is 1.93 bits per heavy atom. The van der Waals surface area contributed by atoms with Crippen LogP contribution >= 0.6 is 31.9 Å². The third-order valence-electron chi connectivity index (χ3n) is 1.88. The summed E-state index contributed by atoms with van der Waals surface area (Å²) in [7, 11) is 3.98.